The molecule has 1 atom stereocenters. The molecule has 1 aromatic rings. The lowest BCUT2D eigenvalue weighted by Gasteiger charge is -2.13. The third-order valence-corrected chi connectivity index (χ3v) is 4.01. The summed E-state index contributed by atoms with van der Waals surface area (Å²) >= 11 is 0. The first kappa shape index (κ1) is 18.3. The Bertz CT molecular complexity index is 505. The maximum absolute atomic E-state index is 9.27. The lowest BCUT2D eigenvalue weighted by molar-refractivity contribution is 0.475. The fourth-order valence-corrected chi connectivity index (χ4v) is 2.21. The smallest absolute Gasteiger partial charge is 0.115 e. The summed E-state index contributed by atoms with van der Waals surface area (Å²) in [4.78, 5) is 0. The van der Waals surface area contributed by atoms with Crippen LogP contribution in [0.3, 0.4) is 0 Å². The molecule has 1 nitrogen and oxygen atoms in total. The number of rotatable bonds is 9. The Morgan fingerprint density at radius 2 is 1.68 bits per heavy atom. The van der Waals surface area contributed by atoms with Crippen molar-refractivity contribution in [2.45, 2.75) is 46.5 Å². The molecule has 120 valence electrons. The highest BCUT2D eigenvalue weighted by Crippen LogP contribution is 2.20. The van der Waals surface area contributed by atoms with Crippen LogP contribution in [-0.2, 0) is 6.42 Å². The highest BCUT2D eigenvalue weighted by molar-refractivity contribution is 5.29. The molecule has 0 heterocycles. The van der Waals surface area contributed by atoms with Crippen molar-refractivity contribution in [3.8, 4) is 5.75 Å². The zero-order valence-corrected chi connectivity index (χ0v) is 14.3. The first-order chi connectivity index (χ1) is 10.4. The first-order valence-electron chi connectivity index (χ1n) is 8.21. The number of hydrogen-bond donors (Lipinski definition) is 1. The number of aryl methyl sites for hydroxylation is 1. The predicted octanol–water partition coefficient (Wildman–Crippen LogP) is 6.07. The van der Waals surface area contributed by atoms with Crippen LogP contribution in [0.25, 0.3) is 0 Å². The van der Waals surface area contributed by atoms with Crippen molar-refractivity contribution < 1.29 is 5.11 Å². The normalized spacial score (nSPS) is 12.7. The van der Waals surface area contributed by atoms with Crippen molar-refractivity contribution in [2.24, 2.45) is 11.8 Å². The van der Waals surface area contributed by atoms with Gasteiger partial charge in [0.2, 0.25) is 0 Å². The molecule has 1 aromatic carbocycles. The molecule has 22 heavy (non-hydrogen) atoms. The van der Waals surface area contributed by atoms with Gasteiger partial charge < -0.3 is 5.11 Å². The molecular formula is C21H30O. The second kappa shape index (κ2) is 9.30. The number of hydrogen-bond acceptors (Lipinski definition) is 1. The van der Waals surface area contributed by atoms with Gasteiger partial charge >= 0.3 is 0 Å². The lowest BCUT2D eigenvalue weighted by atomic mass is 9.93. The fraction of sp³-hybridized carbons (Fsp3) is 0.429. The minimum absolute atomic E-state index is 0.314. The summed E-state index contributed by atoms with van der Waals surface area (Å²) in [5.41, 5.74) is 3.52. The van der Waals surface area contributed by atoms with Gasteiger partial charge in [0.25, 0.3) is 0 Å². The largest absolute Gasteiger partial charge is 0.508 e. The van der Waals surface area contributed by atoms with Gasteiger partial charge in [-0.1, -0.05) is 75.8 Å². The van der Waals surface area contributed by atoms with Gasteiger partial charge in [-0.3, -0.25) is 0 Å². The summed E-state index contributed by atoms with van der Waals surface area (Å²) in [5.74, 6) is 1.59. The van der Waals surface area contributed by atoms with Gasteiger partial charge in [-0.25, -0.2) is 0 Å². The summed E-state index contributed by atoms with van der Waals surface area (Å²) in [6.07, 6.45) is 8.52. The minimum atomic E-state index is 0.314. The quantitative estimate of drug-likeness (QED) is 0.549. The molecular weight excluding hydrogens is 268 g/mol. The second-order valence-corrected chi connectivity index (χ2v) is 6.61. The average molecular weight is 298 g/mol. The Morgan fingerprint density at radius 3 is 2.27 bits per heavy atom. The summed E-state index contributed by atoms with van der Waals surface area (Å²) in [5, 5.41) is 9.27. The van der Waals surface area contributed by atoms with Gasteiger partial charge in [0.1, 0.15) is 5.75 Å². The number of phenols is 1. The van der Waals surface area contributed by atoms with E-state index in [2.05, 4.69) is 46.1 Å². The van der Waals surface area contributed by atoms with Crippen molar-refractivity contribution in [3.05, 3.63) is 66.3 Å². The SMILES string of the molecule is C=C(/C=C\C(=C)C(C)CCC(C)C)CCc1ccc(O)cc1. The van der Waals surface area contributed by atoms with E-state index in [0.29, 0.717) is 11.7 Å². The number of allylic oxidation sites excluding steroid dienone is 4. The van der Waals surface area contributed by atoms with Crippen molar-refractivity contribution in [3.63, 3.8) is 0 Å². The van der Waals surface area contributed by atoms with Crippen molar-refractivity contribution in [1.82, 2.24) is 0 Å². The monoisotopic (exact) mass is 298 g/mol. The molecule has 0 amide bonds. The van der Waals surface area contributed by atoms with E-state index < -0.39 is 0 Å². The van der Waals surface area contributed by atoms with Crippen LogP contribution in [0.5, 0.6) is 5.75 Å². The molecule has 1 N–H and O–H groups in total. The van der Waals surface area contributed by atoms with E-state index in [0.717, 1.165) is 24.3 Å². The highest BCUT2D eigenvalue weighted by atomic mass is 16.3. The Hall–Kier alpha value is -1.76. The van der Waals surface area contributed by atoms with Gasteiger partial charge in [0.05, 0.1) is 0 Å². The number of phenolic OH excluding ortho intramolecular Hbond substituents is 1. The van der Waals surface area contributed by atoms with Crippen molar-refractivity contribution >= 4 is 0 Å². The van der Waals surface area contributed by atoms with Gasteiger partial charge in [0, 0.05) is 0 Å². The lowest BCUT2D eigenvalue weighted by Crippen LogP contribution is -1.99. The Labute approximate surface area is 136 Å². The molecule has 1 heteroatoms. The first-order valence-corrected chi connectivity index (χ1v) is 8.21. The molecule has 0 bridgehead atoms. The zero-order valence-electron chi connectivity index (χ0n) is 14.3. The molecule has 0 aliphatic carbocycles. The topological polar surface area (TPSA) is 20.2 Å². The molecule has 0 fully saturated rings. The van der Waals surface area contributed by atoms with E-state index in [1.54, 1.807) is 12.1 Å². The van der Waals surface area contributed by atoms with Crippen LogP contribution in [0.15, 0.2) is 60.7 Å². The van der Waals surface area contributed by atoms with Crippen LogP contribution in [0.2, 0.25) is 0 Å². The van der Waals surface area contributed by atoms with Crippen LogP contribution in [0.4, 0.5) is 0 Å². The van der Waals surface area contributed by atoms with Crippen LogP contribution < -0.4 is 0 Å². The molecule has 0 saturated heterocycles. The van der Waals surface area contributed by atoms with Gasteiger partial charge in [0.15, 0.2) is 0 Å². The number of aromatic hydroxyl groups is 1. The fourth-order valence-electron chi connectivity index (χ4n) is 2.21. The second-order valence-electron chi connectivity index (χ2n) is 6.61. The summed E-state index contributed by atoms with van der Waals surface area (Å²) in [6, 6.07) is 7.37. The molecule has 0 saturated carbocycles. The molecule has 0 spiro atoms. The molecule has 1 rings (SSSR count). The summed E-state index contributed by atoms with van der Waals surface area (Å²) in [7, 11) is 0. The van der Waals surface area contributed by atoms with Crippen LogP contribution in [0, 0.1) is 11.8 Å². The van der Waals surface area contributed by atoms with Gasteiger partial charge in [-0.15, -0.1) is 0 Å². The van der Waals surface area contributed by atoms with Gasteiger partial charge in [-0.2, -0.15) is 0 Å². The Balaban J connectivity index is 2.37. The average Bonchev–Trinajstić information content (AvgIpc) is 2.49. The Morgan fingerprint density at radius 1 is 1.05 bits per heavy atom. The van der Waals surface area contributed by atoms with E-state index in [4.69, 9.17) is 0 Å². The maximum atomic E-state index is 9.27. The summed E-state index contributed by atoms with van der Waals surface area (Å²) in [6.45, 7) is 15.1. The highest BCUT2D eigenvalue weighted by Gasteiger charge is 2.05. The molecule has 0 aromatic heterocycles. The van der Waals surface area contributed by atoms with Crippen LogP contribution >= 0.6 is 0 Å². The Kier molecular flexibility index (Phi) is 7.73. The maximum Gasteiger partial charge on any atom is 0.115 e. The molecule has 0 radical (unpaired) electrons. The van der Waals surface area contributed by atoms with Crippen LogP contribution in [0.1, 0.15) is 45.6 Å². The standard InChI is InChI=1S/C21H30O/c1-16(2)6-9-18(4)19(5)10-7-17(3)8-11-20-12-14-21(22)15-13-20/h7,10,12-16,18,22H,3,5-6,8-9,11H2,1-2,4H3/b10-7-. The number of benzene rings is 1. The molecule has 0 aliphatic heterocycles. The summed E-state index contributed by atoms with van der Waals surface area (Å²) < 4.78 is 0. The van der Waals surface area contributed by atoms with E-state index in [9.17, 15) is 5.11 Å². The van der Waals surface area contributed by atoms with Crippen LogP contribution in [-0.4, -0.2) is 5.11 Å². The molecule has 1 unspecified atom stereocenters. The third kappa shape index (κ3) is 7.31. The molecule has 0 aliphatic rings. The van der Waals surface area contributed by atoms with E-state index in [-0.39, 0.29) is 0 Å². The minimum Gasteiger partial charge on any atom is -0.508 e. The predicted molar refractivity (Wildman–Crippen MR) is 97.1 cm³/mol. The van der Waals surface area contributed by atoms with Gasteiger partial charge in [-0.05, 0) is 48.8 Å². The zero-order chi connectivity index (χ0) is 16.5. The van der Waals surface area contributed by atoms with E-state index >= 15 is 0 Å². The van der Waals surface area contributed by atoms with Crippen molar-refractivity contribution in [2.75, 3.05) is 0 Å². The van der Waals surface area contributed by atoms with E-state index in [1.807, 2.05) is 12.1 Å². The third-order valence-electron chi connectivity index (χ3n) is 4.01. The van der Waals surface area contributed by atoms with Crippen molar-refractivity contribution in [1.29, 1.82) is 0 Å². The van der Waals surface area contributed by atoms with E-state index in [1.165, 1.54) is 24.0 Å².